The third-order valence-electron chi connectivity index (χ3n) is 1.86. The molecular weight excluding hydrogens is 216 g/mol. The number of rotatable bonds is 2. The zero-order chi connectivity index (χ0) is 10.8. The van der Waals surface area contributed by atoms with E-state index in [9.17, 15) is 0 Å². The van der Waals surface area contributed by atoms with Gasteiger partial charge in [-0.3, -0.25) is 0 Å². The van der Waals surface area contributed by atoms with E-state index >= 15 is 0 Å². The Morgan fingerprint density at radius 2 is 2.13 bits per heavy atom. The molecule has 6 heteroatoms. The van der Waals surface area contributed by atoms with Crippen LogP contribution in [0.4, 0.5) is 5.95 Å². The lowest BCUT2D eigenvalue weighted by molar-refractivity contribution is 0.525. The highest BCUT2D eigenvalue weighted by molar-refractivity contribution is 6.28. The van der Waals surface area contributed by atoms with Gasteiger partial charge in [0.1, 0.15) is 5.76 Å². The van der Waals surface area contributed by atoms with Crippen LogP contribution in [0.25, 0.3) is 11.6 Å². The molecule has 2 heterocycles. The molecule has 0 aliphatic carbocycles. The average molecular weight is 225 g/mol. The maximum absolute atomic E-state index is 5.66. The summed E-state index contributed by atoms with van der Waals surface area (Å²) < 4.78 is 5.46. The fraction of sp³-hybridized carbons (Fsp3) is 0.222. The summed E-state index contributed by atoms with van der Waals surface area (Å²) in [6, 6.07) is 3.65. The highest BCUT2D eigenvalue weighted by atomic mass is 35.5. The molecule has 0 bridgehead atoms. The molecule has 2 rings (SSSR count). The lowest BCUT2D eigenvalue weighted by Crippen LogP contribution is -1.99. The first-order valence-electron chi connectivity index (χ1n) is 4.45. The Morgan fingerprint density at radius 1 is 1.33 bits per heavy atom. The molecule has 0 spiro atoms. The van der Waals surface area contributed by atoms with Gasteiger partial charge >= 0.3 is 0 Å². The van der Waals surface area contributed by atoms with E-state index in [-0.39, 0.29) is 11.2 Å². The molecule has 2 N–H and O–H groups in total. The molecule has 0 saturated carbocycles. The number of aromatic nitrogens is 3. The van der Waals surface area contributed by atoms with Crippen LogP contribution in [0.3, 0.4) is 0 Å². The molecule has 0 radical (unpaired) electrons. The third-order valence-corrected chi connectivity index (χ3v) is 2.02. The third kappa shape index (κ3) is 2.07. The second kappa shape index (κ2) is 3.86. The van der Waals surface area contributed by atoms with Crippen LogP contribution in [-0.2, 0) is 6.42 Å². The van der Waals surface area contributed by atoms with Gasteiger partial charge in [-0.2, -0.15) is 15.0 Å². The van der Waals surface area contributed by atoms with E-state index in [4.69, 9.17) is 21.8 Å². The van der Waals surface area contributed by atoms with E-state index in [1.807, 2.05) is 13.0 Å². The van der Waals surface area contributed by atoms with Crippen LogP contribution in [0.15, 0.2) is 16.5 Å². The van der Waals surface area contributed by atoms with Gasteiger partial charge in [0.15, 0.2) is 5.76 Å². The minimum Gasteiger partial charge on any atom is -0.458 e. The van der Waals surface area contributed by atoms with Gasteiger partial charge in [0.05, 0.1) is 0 Å². The Kier molecular flexibility index (Phi) is 2.55. The summed E-state index contributed by atoms with van der Waals surface area (Å²) in [6.07, 6.45) is 0.814. The van der Waals surface area contributed by atoms with E-state index < -0.39 is 0 Å². The van der Waals surface area contributed by atoms with Crippen LogP contribution >= 0.6 is 11.6 Å². The van der Waals surface area contributed by atoms with Crippen molar-refractivity contribution in [3.8, 4) is 11.6 Å². The Labute approximate surface area is 91.3 Å². The van der Waals surface area contributed by atoms with Gasteiger partial charge < -0.3 is 10.2 Å². The average Bonchev–Trinajstić information content (AvgIpc) is 2.64. The summed E-state index contributed by atoms with van der Waals surface area (Å²) in [5.41, 5.74) is 5.45. The van der Waals surface area contributed by atoms with E-state index in [0.717, 1.165) is 12.2 Å². The molecule has 0 unspecified atom stereocenters. The van der Waals surface area contributed by atoms with Crippen LogP contribution in [0.1, 0.15) is 12.7 Å². The molecule has 5 nitrogen and oxygen atoms in total. The number of aryl methyl sites for hydroxylation is 1. The van der Waals surface area contributed by atoms with E-state index in [1.54, 1.807) is 6.07 Å². The molecule has 2 aromatic heterocycles. The molecular formula is C9H9ClN4O. The highest BCUT2D eigenvalue weighted by Gasteiger charge is 2.09. The van der Waals surface area contributed by atoms with Crippen molar-refractivity contribution in [3.63, 3.8) is 0 Å². The van der Waals surface area contributed by atoms with Gasteiger partial charge in [-0.25, -0.2) is 0 Å². The number of furan rings is 1. The number of nitrogens with zero attached hydrogens (tertiary/aromatic N) is 3. The lowest BCUT2D eigenvalue weighted by Gasteiger charge is -1.97. The van der Waals surface area contributed by atoms with Crippen LogP contribution in [0.2, 0.25) is 5.28 Å². The molecule has 0 saturated heterocycles. The van der Waals surface area contributed by atoms with E-state index in [1.165, 1.54) is 0 Å². The fourth-order valence-corrected chi connectivity index (χ4v) is 1.33. The summed E-state index contributed by atoms with van der Waals surface area (Å²) in [5, 5.41) is 0.0620. The summed E-state index contributed by atoms with van der Waals surface area (Å²) >= 11 is 5.66. The van der Waals surface area contributed by atoms with Gasteiger partial charge in [0.25, 0.3) is 0 Å². The van der Waals surface area contributed by atoms with Gasteiger partial charge in [0, 0.05) is 6.42 Å². The Morgan fingerprint density at radius 3 is 2.73 bits per heavy atom. The Bertz CT molecular complexity index is 462. The Hall–Kier alpha value is -1.62. The molecule has 0 aliphatic rings. The number of nitrogens with two attached hydrogens (primary N) is 1. The number of nitrogen functional groups attached to an aromatic ring is 1. The van der Waals surface area contributed by atoms with E-state index in [0.29, 0.717) is 11.6 Å². The first-order chi connectivity index (χ1) is 7.19. The number of anilines is 1. The van der Waals surface area contributed by atoms with Crippen molar-refractivity contribution in [2.45, 2.75) is 13.3 Å². The second-order valence-electron chi connectivity index (χ2n) is 2.91. The molecule has 15 heavy (non-hydrogen) atoms. The fourth-order valence-electron chi connectivity index (χ4n) is 1.16. The molecule has 0 aliphatic heterocycles. The molecule has 0 fully saturated rings. The molecule has 78 valence electrons. The van der Waals surface area contributed by atoms with Crippen LogP contribution in [0.5, 0.6) is 0 Å². The van der Waals surface area contributed by atoms with Crippen molar-refractivity contribution in [3.05, 3.63) is 23.2 Å². The minimum absolute atomic E-state index is 0.0620. The highest BCUT2D eigenvalue weighted by Crippen LogP contribution is 2.20. The summed E-state index contributed by atoms with van der Waals surface area (Å²) in [6.45, 7) is 2.00. The van der Waals surface area contributed by atoms with Crippen LogP contribution < -0.4 is 5.73 Å². The Balaban J connectivity index is 2.44. The quantitative estimate of drug-likeness (QED) is 0.843. The minimum atomic E-state index is 0.0620. The van der Waals surface area contributed by atoms with Gasteiger partial charge in [-0.05, 0) is 23.7 Å². The van der Waals surface area contributed by atoms with E-state index in [2.05, 4.69) is 15.0 Å². The maximum Gasteiger partial charge on any atom is 0.227 e. The van der Waals surface area contributed by atoms with Crippen molar-refractivity contribution >= 4 is 17.5 Å². The van der Waals surface area contributed by atoms with Gasteiger partial charge in [0.2, 0.25) is 17.1 Å². The number of hydrogen-bond donors (Lipinski definition) is 1. The maximum atomic E-state index is 5.66. The number of hydrogen-bond acceptors (Lipinski definition) is 5. The lowest BCUT2D eigenvalue weighted by atomic mass is 10.3. The largest absolute Gasteiger partial charge is 0.458 e. The standard InChI is InChI=1S/C9H9ClN4O/c1-2-5-3-4-6(15-5)7-12-8(10)14-9(11)13-7/h3-4H,2H2,1H3,(H2,11,12,13,14). The normalized spacial score (nSPS) is 10.5. The molecule has 0 atom stereocenters. The molecule has 0 aromatic carbocycles. The zero-order valence-electron chi connectivity index (χ0n) is 8.07. The summed E-state index contributed by atoms with van der Waals surface area (Å²) in [5.74, 6) is 1.84. The second-order valence-corrected chi connectivity index (χ2v) is 3.24. The smallest absolute Gasteiger partial charge is 0.227 e. The predicted octanol–water partition coefficient (Wildman–Crippen LogP) is 1.93. The zero-order valence-corrected chi connectivity index (χ0v) is 8.82. The van der Waals surface area contributed by atoms with Crippen LogP contribution in [-0.4, -0.2) is 15.0 Å². The SMILES string of the molecule is CCc1ccc(-c2nc(N)nc(Cl)n2)o1. The van der Waals surface area contributed by atoms with Gasteiger partial charge in [-0.15, -0.1) is 0 Å². The van der Waals surface area contributed by atoms with Crippen LogP contribution in [0, 0.1) is 0 Å². The first kappa shape index (κ1) is 9.92. The monoisotopic (exact) mass is 224 g/mol. The summed E-state index contributed by atoms with van der Waals surface area (Å²) in [7, 11) is 0. The topological polar surface area (TPSA) is 77.8 Å². The molecule has 2 aromatic rings. The van der Waals surface area contributed by atoms with Crippen molar-refractivity contribution in [2.24, 2.45) is 0 Å². The van der Waals surface area contributed by atoms with Gasteiger partial charge in [-0.1, -0.05) is 6.92 Å². The summed E-state index contributed by atoms with van der Waals surface area (Å²) in [4.78, 5) is 11.5. The van der Waals surface area contributed by atoms with Crippen molar-refractivity contribution in [1.29, 1.82) is 0 Å². The van der Waals surface area contributed by atoms with Crippen molar-refractivity contribution in [1.82, 2.24) is 15.0 Å². The molecule has 0 amide bonds. The first-order valence-corrected chi connectivity index (χ1v) is 4.83. The predicted molar refractivity (Wildman–Crippen MR) is 56.3 cm³/mol. The van der Waals surface area contributed by atoms with Crippen molar-refractivity contribution in [2.75, 3.05) is 5.73 Å². The van der Waals surface area contributed by atoms with Crippen molar-refractivity contribution < 1.29 is 4.42 Å². The number of halogens is 1.